The van der Waals surface area contributed by atoms with Gasteiger partial charge in [0.15, 0.2) is 11.6 Å². The number of phenolic OH excluding ortho intramolecular Hbond substituents is 1. The summed E-state index contributed by atoms with van der Waals surface area (Å²) < 4.78 is 90.4. The number of aromatic hydroxyl groups is 1. The van der Waals surface area contributed by atoms with Gasteiger partial charge >= 0.3 is 6.18 Å². The summed E-state index contributed by atoms with van der Waals surface area (Å²) in [4.78, 5) is 1.68. The second-order valence-electron chi connectivity index (χ2n) is 7.17. The average Bonchev–Trinajstić information content (AvgIpc) is 2.73. The second-order valence-corrected chi connectivity index (χ2v) is 7.17. The maximum Gasteiger partial charge on any atom is 0.427 e. The summed E-state index contributed by atoms with van der Waals surface area (Å²) in [6.07, 6.45) is -4.11. The van der Waals surface area contributed by atoms with Crippen LogP contribution in [0.15, 0.2) is 42.5 Å². The van der Waals surface area contributed by atoms with E-state index in [1.807, 2.05) is 6.92 Å². The molecular weight excluding hydrogens is 443 g/mol. The van der Waals surface area contributed by atoms with E-state index in [0.717, 1.165) is 24.6 Å². The zero-order valence-corrected chi connectivity index (χ0v) is 17.9. The number of hydrogen-bond acceptors (Lipinski definition) is 3. The Morgan fingerprint density at radius 2 is 1.50 bits per heavy atom. The summed E-state index contributed by atoms with van der Waals surface area (Å²) in [7, 11) is 0.500. The molecule has 2 aromatic carbocycles. The van der Waals surface area contributed by atoms with Crippen LogP contribution in [-0.2, 0) is 12.1 Å². The summed E-state index contributed by atoms with van der Waals surface area (Å²) >= 11 is 0. The van der Waals surface area contributed by atoms with Crippen LogP contribution in [0.4, 0.5) is 36.4 Å². The van der Waals surface area contributed by atoms with E-state index in [4.69, 9.17) is 0 Å². The molecule has 0 heterocycles. The number of phenols is 1. The van der Waals surface area contributed by atoms with Gasteiger partial charge in [0.05, 0.1) is 7.18 Å². The first kappa shape index (κ1) is 27.5. The minimum Gasteiger partial charge on any atom is -0.505 e. The molecule has 0 aliphatic carbocycles. The highest BCUT2D eigenvalue weighted by Gasteiger charge is 2.67. The number of alkyl halides is 6. The van der Waals surface area contributed by atoms with Crippen LogP contribution in [-0.4, -0.2) is 36.0 Å². The quantitative estimate of drug-likeness (QED) is 0.444. The summed E-state index contributed by atoms with van der Waals surface area (Å²) in [6.45, 7) is 2.41. The van der Waals surface area contributed by atoms with Crippen LogP contribution in [0.1, 0.15) is 37.8 Å². The molecule has 0 bridgehead atoms. The SMILES string of the molecule is CCCCN(Cc1cccc(F)c1O)c1ccc(C(O)(C(C)(F)F)C(F)(F)F)cc1.CF. The molecule has 2 N–H and O–H groups in total. The number of para-hydroxylation sites is 1. The molecule has 0 aromatic heterocycles. The fraction of sp³-hybridized carbons (Fsp3) is 0.455. The van der Waals surface area contributed by atoms with Crippen molar-refractivity contribution in [2.45, 2.75) is 50.9 Å². The maximum absolute atomic E-state index is 13.7. The maximum atomic E-state index is 13.7. The Balaban J connectivity index is 0.00000249. The van der Waals surface area contributed by atoms with Crippen LogP contribution in [0.5, 0.6) is 5.75 Å². The van der Waals surface area contributed by atoms with Gasteiger partial charge in [-0.05, 0) is 30.2 Å². The van der Waals surface area contributed by atoms with E-state index >= 15 is 0 Å². The molecule has 2 rings (SSSR count). The predicted octanol–water partition coefficient (Wildman–Crippen LogP) is 6.33. The van der Waals surface area contributed by atoms with E-state index in [9.17, 15) is 40.9 Å². The molecular formula is C22H26F7NO2. The Bertz CT molecular complexity index is 835. The number of unbranched alkanes of at least 4 members (excludes halogenated alkanes) is 1. The molecule has 180 valence electrons. The lowest BCUT2D eigenvalue weighted by atomic mass is 9.87. The monoisotopic (exact) mass is 469 g/mol. The lowest BCUT2D eigenvalue weighted by Crippen LogP contribution is -2.54. The summed E-state index contributed by atoms with van der Waals surface area (Å²) in [5, 5.41) is 19.8. The first-order chi connectivity index (χ1) is 14.8. The van der Waals surface area contributed by atoms with E-state index in [-0.39, 0.29) is 19.0 Å². The largest absolute Gasteiger partial charge is 0.505 e. The Labute approximate surface area is 182 Å². The average molecular weight is 469 g/mol. The number of benzene rings is 2. The van der Waals surface area contributed by atoms with E-state index in [1.165, 1.54) is 24.3 Å². The van der Waals surface area contributed by atoms with Crippen LogP contribution < -0.4 is 4.90 Å². The van der Waals surface area contributed by atoms with Crippen molar-refractivity contribution >= 4 is 5.69 Å². The highest BCUT2D eigenvalue weighted by Crippen LogP contribution is 2.49. The third-order valence-corrected chi connectivity index (χ3v) is 4.91. The number of aliphatic hydroxyl groups is 1. The summed E-state index contributed by atoms with van der Waals surface area (Å²) in [5.41, 5.74) is -4.69. The summed E-state index contributed by atoms with van der Waals surface area (Å²) in [5.74, 6) is -5.81. The van der Waals surface area contributed by atoms with Crippen molar-refractivity contribution < 1.29 is 40.9 Å². The number of halogens is 7. The molecule has 0 saturated carbocycles. The zero-order chi connectivity index (χ0) is 24.7. The van der Waals surface area contributed by atoms with Crippen LogP contribution in [0.25, 0.3) is 0 Å². The van der Waals surface area contributed by atoms with E-state index < -0.39 is 34.8 Å². The Kier molecular flexibility index (Phi) is 9.37. The molecule has 0 radical (unpaired) electrons. The molecule has 0 aliphatic rings. The second kappa shape index (κ2) is 10.9. The normalized spacial score (nSPS) is 13.7. The third-order valence-electron chi connectivity index (χ3n) is 4.91. The van der Waals surface area contributed by atoms with Crippen molar-refractivity contribution in [3.63, 3.8) is 0 Å². The van der Waals surface area contributed by atoms with Gasteiger partial charge < -0.3 is 15.1 Å². The number of hydrogen-bond donors (Lipinski definition) is 2. The van der Waals surface area contributed by atoms with Crippen LogP contribution in [0, 0.1) is 5.82 Å². The van der Waals surface area contributed by atoms with Gasteiger partial charge in [-0.15, -0.1) is 0 Å². The van der Waals surface area contributed by atoms with Crippen molar-refractivity contribution in [2.24, 2.45) is 0 Å². The van der Waals surface area contributed by atoms with Gasteiger partial charge in [-0.25, -0.2) is 13.2 Å². The fourth-order valence-electron chi connectivity index (χ4n) is 3.12. The van der Waals surface area contributed by atoms with Gasteiger partial charge in [0.2, 0.25) is 5.60 Å². The smallest absolute Gasteiger partial charge is 0.427 e. The number of nitrogens with zero attached hydrogens (tertiary/aromatic N) is 1. The van der Waals surface area contributed by atoms with Gasteiger partial charge in [0.1, 0.15) is 0 Å². The summed E-state index contributed by atoms with van der Waals surface area (Å²) in [6, 6.07) is 7.97. The standard InChI is InChI=1S/C21H23F6NO2.CH3F/c1-3-4-12-28(13-14-6-5-7-17(22)18(14)29)16-10-8-15(9-11-16)20(30,19(2,23)24)21(25,26)27;1-2/h5-11,29-30H,3-4,12-13H2,1-2H3;1H3. The Morgan fingerprint density at radius 3 is 1.97 bits per heavy atom. The Hall–Kier alpha value is -2.49. The van der Waals surface area contributed by atoms with E-state index in [0.29, 0.717) is 25.8 Å². The van der Waals surface area contributed by atoms with Crippen LogP contribution in [0.2, 0.25) is 0 Å². The van der Waals surface area contributed by atoms with Crippen LogP contribution in [0.3, 0.4) is 0 Å². The Morgan fingerprint density at radius 1 is 0.938 bits per heavy atom. The molecule has 0 fully saturated rings. The molecule has 0 spiro atoms. The van der Waals surface area contributed by atoms with Crippen LogP contribution >= 0.6 is 0 Å². The molecule has 0 aliphatic heterocycles. The van der Waals surface area contributed by atoms with Crippen molar-refractivity contribution in [1.82, 2.24) is 0 Å². The number of anilines is 1. The minimum absolute atomic E-state index is 0.00861. The fourth-order valence-corrected chi connectivity index (χ4v) is 3.12. The van der Waals surface area contributed by atoms with E-state index in [1.54, 1.807) is 4.90 Å². The highest BCUT2D eigenvalue weighted by molar-refractivity contribution is 5.50. The molecule has 1 unspecified atom stereocenters. The van der Waals surface area contributed by atoms with Crippen molar-refractivity contribution in [3.05, 3.63) is 59.4 Å². The topological polar surface area (TPSA) is 43.7 Å². The lowest BCUT2D eigenvalue weighted by molar-refractivity contribution is -0.335. The zero-order valence-electron chi connectivity index (χ0n) is 17.9. The first-order valence-electron chi connectivity index (χ1n) is 9.69. The van der Waals surface area contributed by atoms with Gasteiger partial charge in [0.25, 0.3) is 5.92 Å². The van der Waals surface area contributed by atoms with Crippen molar-refractivity contribution in [1.29, 1.82) is 0 Å². The number of rotatable bonds is 8. The lowest BCUT2D eigenvalue weighted by Gasteiger charge is -2.36. The predicted molar refractivity (Wildman–Crippen MR) is 108 cm³/mol. The first-order valence-corrected chi connectivity index (χ1v) is 9.69. The molecule has 32 heavy (non-hydrogen) atoms. The van der Waals surface area contributed by atoms with Gasteiger partial charge in [-0.1, -0.05) is 37.6 Å². The molecule has 2 aromatic rings. The van der Waals surface area contributed by atoms with Gasteiger partial charge in [0, 0.05) is 31.3 Å². The van der Waals surface area contributed by atoms with E-state index in [2.05, 4.69) is 0 Å². The molecule has 10 heteroatoms. The molecule has 0 saturated heterocycles. The molecule has 0 amide bonds. The van der Waals surface area contributed by atoms with Crippen molar-refractivity contribution in [3.8, 4) is 5.75 Å². The minimum atomic E-state index is -5.60. The third kappa shape index (κ3) is 5.85. The van der Waals surface area contributed by atoms with Crippen molar-refractivity contribution in [2.75, 3.05) is 18.6 Å². The molecule has 3 nitrogen and oxygen atoms in total. The molecule has 1 atom stereocenters. The van der Waals surface area contributed by atoms with Gasteiger partial charge in [-0.2, -0.15) is 13.2 Å². The highest BCUT2D eigenvalue weighted by atomic mass is 19.4. The van der Waals surface area contributed by atoms with Gasteiger partial charge in [-0.3, -0.25) is 4.39 Å².